The molecule has 0 rings (SSSR count). The van der Waals surface area contributed by atoms with Gasteiger partial charge in [0, 0.05) is 20.1 Å². The van der Waals surface area contributed by atoms with Crippen LogP contribution in [0.15, 0.2) is 0 Å². The molecule has 0 amide bonds. The first-order valence-corrected chi connectivity index (χ1v) is 3.55. The Hall–Kier alpha value is -0.305. The number of ether oxygens (including phenoxy) is 1. The number of aldehydes is 1. The van der Waals surface area contributed by atoms with Gasteiger partial charge in [0.25, 0.3) is 0 Å². The molecule has 0 aliphatic carbocycles. The number of carbonyl (C=O) groups excluding carboxylic acids is 1. The minimum atomic E-state index is 0.109. The average Bonchev–Trinajstić information content (AvgIpc) is 1.84. The van der Waals surface area contributed by atoms with Crippen molar-refractivity contribution in [2.24, 2.45) is 0 Å². The molecule has 0 aliphatic rings. The van der Waals surface area contributed by atoms with E-state index in [4.69, 9.17) is 4.74 Å². The van der Waals surface area contributed by atoms with Crippen LogP contribution in [0.4, 0.5) is 0 Å². The van der Waals surface area contributed by atoms with Crippen molar-refractivity contribution in [3.63, 3.8) is 0 Å². The number of hydrogen-bond donors (Lipinski definition) is 0. The molecule has 1 atom stereocenters. The minimum Gasteiger partial charge on any atom is -0.385 e. The van der Waals surface area contributed by atoms with Crippen molar-refractivity contribution in [1.29, 1.82) is 0 Å². The third-order valence-electron chi connectivity index (χ3n) is 1.62. The Morgan fingerprint density at radius 3 is 2.70 bits per heavy atom. The van der Waals surface area contributed by atoms with Gasteiger partial charge >= 0.3 is 0 Å². The average molecular weight is 142 g/mol. The molecule has 1 unspecified atom stereocenters. The number of rotatable bonds is 5. The molecule has 0 saturated heterocycles. The summed E-state index contributed by atoms with van der Waals surface area (Å²) in [6.45, 7) is 2.81. The lowest BCUT2D eigenvalue weighted by atomic mass is 9.66. The quantitative estimate of drug-likeness (QED) is 0.410. The normalized spacial score (nSPS) is 16.2. The van der Waals surface area contributed by atoms with Crippen molar-refractivity contribution in [2.75, 3.05) is 13.7 Å². The molecular weight excluding hydrogens is 127 g/mol. The number of methoxy groups -OCH3 is 1. The maximum absolute atomic E-state index is 10.1. The smallest absolute Gasteiger partial charge is 0.119 e. The van der Waals surface area contributed by atoms with Gasteiger partial charge in [-0.05, 0) is 6.42 Å². The minimum absolute atomic E-state index is 0.109. The van der Waals surface area contributed by atoms with Crippen molar-refractivity contribution in [2.45, 2.75) is 25.1 Å². The van der Waals surface area contributed by atoms with Crippen molar-refractivity contribution < 1.29 is 9.53 Å². The fourth-order valence-corrected chi connectivity index (χ4v) is 0.706. The summed E-state index contributed by atoms with van der Waals surface area (Å²) in [5.41, 5.74) is 0. The van der Waals surface area contributed by atoms with Gasteiger partial charge in [-0.3, -0.25) is 0 Å². The van der Waals surface area contributed by atoms with E-state index in [0.29, 0.717) is 6.42 Å². The molecule has 0 radical (unpaired) electrons. The Balaban J connectivity index is 3.51. The first-order valence-electron chi connectivity index (χ1n) is 3.55. The zero-order chi connectivity index (χ0) is 8.04. The van der Waals surface area contributed by atoms with E-state index in [1.54, 1.807) is 7.11 Å². The second-order valence-corrected chi connectivity index (χ2v) is 3.28. The van der Waals surface area contributed by atoms with Gasteiger partial charge in [-0.15, -0.1) is 0 Å². The van der Waals surface area contributed by atoms with Crippen molar-refractivity contribution in [3.8, 4) is 0 Å². The SMILES string of the molecule is BC(C)(CC=O)CCOC. The lowest BCUT2D eigenvalue weighted by Crippen LogP contribution is -2.11. The van der Waals surface area contributed by atoms with Gasteiger partial charge in [0.1, 0.15) is 14.1 Å². The molecule has 0 aromatic carbocycles. The Morgan fingerprint density at radius 1 is 1.70 bits per heavy atom. The monoisotopic (exact) mass is 142 g/mol. The fraction of sp³-hybridized carbons (Fsp3) is 0.857. The molecule has 0 aromatic heterocycles. The van der Waals surface area contributed by atoms with Crippen LogP contribution in [-0.4, -0.2) is 27.8 Å². The highest BCUT2D eigenvalue weighted by Gasteiger charge is 2.16. The first-order chi connectivity index (χ1) is 4.62. The van der Waals surface area contributed by atoms with E-state index in [0.717, 1.165) is 19.3 Å². The molecular formula is C7H15BO2. The molecule has 0 aliphatic heterocycles. The van der Waals surface area contributed by atoms with Crippen LogP contribution >= 0.6 is 0 Å². The molecule has 2 nitrogen and oxygen atoms in total. The van der Waals surface area contributed by atoms with Crippen LogP contribution in [0, 0.1) is 0 Å². The summed E-state index contributed by atoms with van der Waals surface area (Å²) in [6, 6.07) is 0. The topological polar surface area (TPSA) is 26.3 Å². The van der Waals surface area contributed by atoms with Crippen LogP contribution in [0.25, 0.3) is 0 Å². The zero-order valence-electron chi connectivity index (χ0n) is 7.02. The molecule has 58 valence electrons. The number of hydrogen-bond acceptors (Lipinski definition) is 2. The van der Waals surface area contributed by atoms with Crippen molar-refractivity contribution in [1.82, 2.24) is 0 Å². The highest BCUT2D eigenvalue weighted by Crippen LogP contribution is 2.27. The van der Waals surface area contributed by atoms with Crippen LogP contribution in [0.1, 0.15) is 19.8 Å². The summed E-state index contributed by atoms with van der Waals surface area (Å²) in [7, 11) is 3.75. The molecule has 0 N–H and O–H groups in total. The molecule has 0 spiro atoms. The second kappa shape index (κ2) is 4.50. The molecule has 10 heavy (non-hydrogen) atoms. The number of carbonyl (C=O) groups is 1. The van der Waals surface area contributed by atoms with Crippen LogP contribution in [0.3, 0.4) is 0 Å². The Kier molecular flexibility index (Phi) is 4.36. The van der Waals surface area contributed by atoms with Gasteiger partial charge in [-0.1, -0.05) is 12.2 Å². The lowest BCUT2D eigenvalue weighted by molar-refractivity contribution is -0.108. The molecule has 0 bridgehead atoms. The summed E-state index contributed by atoms with van der Waals surface area (Å²) in [4.78, 5) is 10.1. The fourth-order valence-electron chi connectivity index (χ4n) is 0.706. The largest absolute Gasteiger partial charge is 0.385 e. The van der Waals surface area contributed by atoms with Gasteiger partial charge < -0.3 is 9.53 Å². The van der Waals surface area contributed by atoms with E-state index in [1.807, 2.05) is 0 Å². The summed E-state index contributed by atoms with van der Waals surface area (Å²) in [6.07, 6.45) is 2.54. The van der Waals surface area contributed by atoms with Crippen LogP contribution < -0.4 is 0 Å². The summed E-state index contributed by atoms with van der Waals surface area (Å²) < 4.78 is 4.91. The van der Waals surface area contributed by atoms with Crippen LogP contribution in [0.2, 0.25) is 5.31 Å². The lowest BCUT2D eigenvalue weighted by Gasteiger charge is -2.20. The van der Waals surface area contributed by atoms with Gasteiger partial charge in [0.05, 0.1) is 0 Å². The highest BCUT2D eigenvalue weighted by atomic mass is 16.5. The molecule has 0 aromatic rings. The van der Waals surface area contributed by atoms with Gasteiger partial charge in [-0.2, -0.15) is 0 Å². The zero-order valence-corrected chi connectivity index (χ0v) is 7.02. The summed E-state index contributed by atoms with van der Waals surface area (Å²) in [5, 5.41) is 0.109. The Labute approximate surface area is 63.4 Å². The van der Waals surface area contributed by atoms with E-state index in [-0.39, 0.29) is 5.31 Å². The Bertz CT molecular complexity index is 102. The van der Waals surface area contributed by atoms with Crippen LogP contribution in [0.5, 0.6) is 0 Å². The summed E-state index contributed by atoms with van der Waals surface area (Å²) >= 11 is 0. The molecule has 0 heterocycles. The third kappa shape index (κ3) is 4.56. The van der Waals surface area contributed by atoms with Gasteiger partial charge in [-0.25, -0.2) is 0 Å². The molecule has 3 heteroatoms. The van der Waals surface area contributed by atoms with Crippen LogP contribution in [-0.2, 0) is 9.53 Å². The van der Waals surface area contributed by atoms with E-state index in [2.05, 4.69) is 14.8 Å². The van der Waals surface area contributed by atoms with Gasteiger partial charge in [0.2, 0.25) is 0 Å². The standard InChI is InChI=1S/C7H15BO2/c1-7(8,3-5-9)4-6-10-2/h5H,3-4,6,8H2,1-2H3. The highest BCUT2D eigenvalue weighted by molar-refractivity contribution is 6.15. The first kappa shape index (κ1) is 9.69. The van der Waals surface area contributed by atoms with Crippen molar-refractivity contribution >= 4 is 14.1 Å². The molecule has 0 fully saturated rings. The van der Waals surface area contributed by atoms with E-state index < -0.39 is 0 Å². The predicted molar refractivity (Wildman–Crippen MR) is 44.1 cm³/mol. The Morgan fingerprint density at radius 2 is 2.30 bits per heavy atom. The molecule has 0 saturated carbocycles. The predicted octanol–water partition coefficient (Wildman–Crippen LogP) is 0.424. The van der Waals surface area contributed by atoms with Gasteiger partial charge in [0.15, 0.2) is 0 Å². The van der Waals surface area contributed by atoms with Crippen molar-refractivity contribution in [3.05, 3.63) is 0 Å². The third-order valence-corrected chi connectivity index (χ3v) is 1.62. The second-order valence-electron chi connectivity index (χ2n) is 3.28. The maximum atomic E-state index is 10.1. The summed E-state index contributed by atoms with van der Waals surface area (Å²) in [5.74, 6) is 0. The maximum Gasteiger partial charge on any atom is 0.119 e. The van der Waals surface area contributed by atoms with E-state index >= 15 is 0 Å². The van der Waals surface area contributed by atoms with E-state index in [1.165, 1.54) is 0 Å². The van der Waals surface area contributed by atoms with E-state index in [9.17, 15) is 4.79 Å².